The number of aryl methyl sites for hydroxylation is 1. The number of rotatable bonds is 10. The molecule has 0 aliphatic heterocycles. The van der Waals surface area contributed by atoms with Crippen LogP contribution in [0.25, 0.3) is 0 Å². The number of unbranched alkanes of at least 4 members (excludes halogenated alkanes) is 1. The van der Waals surface area contributed by atoms with Crippen LogP contribution in [0.2, 0.25) is 0 Å². The van der Waals surface area contributed by atoms with E-state index in [0.717, 1.165) is 24.2 Å². The largest absolute Gasteiger partial charge is 0.497 e. The highest BCUT2D eigenvalue weighted by Crippen LogP contribution is 2.30. The average molecular weight is 357 g/mol. The standard InChI is InChI=1S/C21H27NO4/c1-4-5-14-26-20-12-11-17(24-2)15-18(20)22-21(23)13-10-16-8-6-7-9-19(16)25-3/h6-9,11-12,15H,4-5,10,13-14H2,1-3H3,(H,22,23). The molecule has 0 saturated carbocycles. The van der Waals surface area contributed by atoms with Crippen molar-refractivity contribution in [3.05, 3.63) is 48.0 Å². The maximum atomic E-state index is 12.4. The summed E-state index contributed by atoms with van der Waals surface area (Å²) in [7, 11) is 3.23. The SMILES string of the molecule is CCCCOc1ccc(OC)cc1NC(=O)CCc1ccccc1OC. The highest BCUT2D eigenvalue weighted by atomic mass is 16.5. The minimum atomic E-state index is -0.0792. The molecule has 5 nitrogen and oxygen atoms in total. The average Bonchev–Trinajstić information content (AvgIpc) is 2.67. The molecule has 2 aromatic rings. The van der Waals surface area contributed by atoms with Gasteiger partial charge in [-0.2, -0.15) is 0 Å². The van der Waals surface area contributed by atoms with Crippen molar-refractivity contribution in [2.75, 3.05) is 26.1 Å². The normalized spacial score (nSPS) is 10.3. The van der Waals surface area contributed by atoms with Gasteiger partial charge in [-0.3, -0.25) is 4.79 Å². The molecule has 2 rings (SSSR count). The zero-order valence-electron chi connectivity index (χ0n) is 15.7. The predicted molar refractivity (Wildman–Crippen MR) is 103 cm³/mol. The molecule has 2 aromatic carbocycles. The van der Waals surface area contributed by atoms with Crippen LogP contribution in [0.5, 0.6) is 17.2 Å². The molecule has 0 aromatic heterocycles. The number of anilines is 1. The fraction of sp³-hybridized carbons (Fsp3) is 0.381. The molecular formula is C21H27NO4. The third-order valence-electron chi connectivity index (χ3n) is 4.03. The number of carbonyl (C=O) groups excluding carboxylic acids is 1. The maximum Gasteiger partial charge on any atom is 0.224 e. The Hall–Kier alpha value is -2.69. The highest BCUT2D eigenvalue weighted by Gasteiger charge is 2.11. The first-order valence-electron chi connectivity index (χ1n) is 8.90. The van der Waals surface area contributed by atoms with Crippen molar-refractivity contribution in [3.63, 3.8) is 0 Å². The van der Waals surface area contributed by atoms with E-state index in [1.165, 1.54) is 0 Å². The second-order valence-electron chi connectivity index (χ2n) is 5.92. The summed E-state index contributed by atoms with van der Waals surface area (Å²) in [5, 5.41) is 2.94. The van der Waals surface area contributed by atoms with Gasteiger partial charge in [0.15, 0.2) is 0 Å². The van der Waals surface area contributed by atoms with Crippen LogP contribution in [0.3, 0.4) is 0 Å². The molecule has 140 valence electrons. The summed E-state index contributed by atoms with van der Waals surface area (Å²) in [6, 6.07) is 13.2. The summed E-state index contributed by atoms with van der Waals surface area (Å²) in [5.74, 6) is 2.05. The first-order chi connectivity index (χ1) is 12.7. The van der Waals surface area contributed by atoms with E-state index in [1.807, 2.05) is 36.4 Å². The van der Waals surface area contributed by atoms with Gasteiger partial charge in [0.1, 0.15) is 17.2 Å². The van der Waals surface area contributed by atoms with Crippen molar-refractivity contribution in [2.24, 2.45) is 0 Å². The zero-order chi connectivity index (χ0) is 18.8. The Balaban J connectivity index is 2.02. The summed E-state index contributed by atoms with van der Waals surface area (Å²) < 4.78 is 16.4. The number of hydrogen-bond donors (Lipinski definition) is 1. The number of para-hydroxylation sites is 1. The number of benzene rings is 2. The van der Waals surface area contributed by atoms with Gasteiger partial charge in [-0.1, -0.05) is 31.5 Å². The van der Waals surface area contributed by atoms with Gasteiger partial charge in [-0.05, 0) is 36.6 Å². The van der Waals surface area contributed by atoms with Gasteiger partial charge >= 0.3 is 0 Å². The topological polar surface area (TPSA) is 56.8 Å². The molecule has 0 atom stereocenters. The molecule has 0 spiro atoms. The van der Waals surface area contributed by atoms with Crippen LogP contribution < -0.4 is 19.5 Å². The Bertz CT molecular complexity index is 715. The molecule has 0 fully saturated rings. The third-order valence-corrected chi connectivity index (χ3v) is 4.03. The van der Waals surface area contributed by atoms with Gasteiger partial charge < -0.3 is 19.5 Å². The zero-order valence-corrected chi connectivity index (χ0v) is 15.7. The van der Waals surface area contributed by atoms with Gasteiger partial charge in [0.2, 0.25) is 5.91 Å². The van der Waals surface area contributed by atoms with E-state index in [0.29, 0.717) is 36.6 Å². The van der Waals surface area contributed by atoms with Gasteiger partial charge in [0, 0.05) is 12.5 Å². The highest BCUT2D eigenvalue weighted by molar-refractivity contribution is 5.92. The lowest BCUT2D eigenvalue weighted by Crippen LogP contribution is -2.14. The molecular weight excluding hydrogens is 330 g/mol. The van der Waals surface area contributed by atoms with Crippen LogP contribution in [0.15, 0.2) is 42.5 Å². The van der Waals surface area contributed by atoms with Crippen molar-refractivity contribution in [1.29, 1.82) is 0 Å². The van der Waals surface area contributed by atoms with E-state index in [2.05, 4.69) is 12.2 Å². The minimum Gasteiger partial charge on any atom is -0.497 e. The molecule has 0 aliphatic carbocycles. The number of amides is 1. The van der Waals surface area contributed by atoms with E-state index in [9.17, 15) is 4.79 Å². The van der Waals surface area contributed by atoms with E-state index >= 15 is 0 Å². The number of ether oxygens (including phenoxy) is 3. The molecule has 0 heterocycles. The van der Waals surface area contributed by atoms with Gasteiger partial charge in [0.05, 0.1) is 26.5 Å². The van der Waals surface area contributed by atoms with E-state index < -0.39 is 0 Å². The molecule has 0 radical (unpaired) electrons. The lowest BCUT2D eigenvalue weighted by molar-refractivity contribution is -0.116. The smallest absolute Gasteiger partial charge is 0.224 e. The second-order valence-corrected chi connectivity index (χ2v) is 5.92. The fourth-order valence-corrected chi connectivity index (χ4v) is 2.56. The van der Waals surface area contributed by atoms with Crippen molar-refractivity contribution in [1.82, 2.24) is 0 Å². The summed E-state index contributed by atoms with van der Waals surface area (Å²) in [4.78, 5) is 12.4. The molecule has 1 amide bonds. The molecule has 0 bridgehead atoms. The van der Waals surface area contributed by atoms with E-state index in [1.54, 1.807) is 20.3 Å². The summed E-state index contributed by atoms with van der Waals surface area (Å²) in [6.07, 6.45) is 2.97. The van der Waals surface area contributed by atoms with Crippen molar-refractivity contribution in [3.8, 4) is 17.2 Å². The number of carbonyl (C=O) groups is 1. The number of methoxy groups -OCH3 is 2. The molecule has 0 aliphatic rings. The Morgan fingerprint density at radius 1 is 1.04 bits per heavy atom. The van der Waals surface area contributed by atoms with Crippen LogP contribution in [0, 0.1) is 0 Å². The molecule has 0 unspecified atom stereocenters. The minimum absolute atomic E-state index is 0.0792. The van der Waals surface area contributed by atoms with Crippen molar-refractivity contribution >= 4 is 11.6 Å². The molecule has 0 saturated heterocycles. The fourth-order valence-electron chi connectivity index (χ4n) is 2.56. The number of nitrogens with one attached hydrogen (secondary N) is 1. The summed E-state index contributed by atoms with van der Waals surface area (Å²) >= 11 is 0. The monoisotopic (exact) mass is 357 g/mol. The number of hydrogen-bond acceptors (Lipinski definition) is 4. The van der Waals surface area contributed by atoms with E-state index in [4.69, 9.17) is 14.2 Å². The van der Waals surface area contributed by atoms with E-state index in [-0.39, 0.29) is 5.91 Å². The predicted octanol–water partition coefficient (Wildman–Crippen LogP) is 4.45. The molecule has 1 N–H and O–H groups in total. The Labute approximate surface area is 155 Å². The van der Waals surface area contributed by atoms with Crippen LogP contribution in [0.1, 0.15) is 31.7 Å². The Kier molecular flexibility index (Phi) is 7.80. The second kappa shape index (κ2) is 10.3. The van der Waals surface area contributed by atoms with Gasteiger partial charge in [-0.25, -0.2) is 0 Å². The lowest BCUT2D eigenvalue weighted by atomic mass is 10.1. The van der Waals surface area contributed by atoms with Gasteiger partial charge in [0.25, 0.3) is 0 Å². The molecule has 5 heteroatoms. The summed E-state index contributed by atoms with van der Waals surface area (Å²) in [5.41, 5.74) is 1.64. The lowest BCUT2D eigenvalue weighted by Gasteiger charge is -2.14. The third kappa shape index (κ3) is 5.69. The van der Waals surface area contributed by atoms with Crippen molar-refractivity contribution in [2.45, 2.75) is 32.6 Å². The van der Waals surface area contributed by atoms with Crippen LogP contribution in [-0.2, 0) is 11.2 Å². The van der Waals surface area contributed by atoms with Crippen LogP contribution in [-0.4, -0.2) is 26.7 Å². The van der Waals surface area contributed by atoms with Crippen LogP contribution in [0.4, 0.5) is 5.69 Å². The Morgan fingerprint density at radius 3 is 2.58 bits per heavy atom. The quantitative estimate of drug-likeness (QED) is 0.638. The molecule has 26 heavy (non-hydrogen) atoms. The van der Waals surface area contributed by atoms with Gasteiger partial charge in [-0.15, -0.1) is 0 Å². The Morgan fingerprint density at radius 2 is 1.85 bits per heavy atom. The summed E-state index contributed by atoms with van der Waals surface area (Å²) in [6.45, 7) is 2.73. The van der Waals surface area contributed by atoms with Crippen molar-refractivity contribution < 1.29 is 19.0 Å². The maximum absolute atomic E-state index is 12.4. The van der Waals surface area contributed by atoms with Crippen LogP contribution >= 0.6 is 0 Å². The first kappa shape index (κ1) is 19.6. The first-order valence-corrected chi connectivity index (χ1v) is 8.90.